The van der Waals surface area contributed by atoms with Gasteiger partial charge in [-0.25, -0.2) is 4.39 Å². The Morgan fingerprint density at radius 1 is 1.43 bits per heavy atom. The van der Waals surface area contributed by atoms with Gasteiger partial charge >= 0.3 is 5.97 Å². The van der Waals surface area contributed by atoms with Gasteiger partial charge in [0.1, 0.15) is 11.4 Å². The smallest absolute Gasteiger partial charge is 0.326 e. The standard InChI is InChI=1S/C16H24FNO2S/c1-4-20-15(19)16(2,18-3)10-5-6-11-21-14-9-7-8-13(17)12-14/h7-9,12,18H,4-6,10-11H2,1-3H3. The average Bonchev–Trinajstić information content (AvgIpc) is 2.47. The third kappa shape index (κ3) is 6.06. The maximum absolute atomic E-state index is 13.0. The number of carbonyl (C=O) groups is 1. The van der Waals surface area contributed by atoms with Crippen LogP contribution in [0.4, 0.5) is 4.39 Å². The molecule has 0 heterocycles. The van der Waals surface area contributed by atoms with Crippen LogP contribution in [-0.4, -0.2) is 30.9 Å². The Bertz CT molecular complexity index is 456. The highest BCUT2D eigenvalue weighted by Gasteiger charge is 2.32. The molecule has 0 aliphatic carbocycles. The largest absolute Gasteiger partial charge is 0.465 e. The van der Waals surface area contributed by atoms with Crippen molar-refractivity contribution in [3.8, 4) is 0 Å². The zero-order chi connectivity index (χ0) is 15.7. The Morgan fingerprint density at radius 2 is 2.19 bits per heavy atom. The molecule has 0 spiro atoms. The van der Waals surface area contributed by atoms with Crippen molar-refractivity contribution in [3.05, 3.63) is 30.1 Å². The summed E-state index contributed by atoms with van der Waals surface area (Å²) < 4.78 is 18.1. The Morgan fingerprint density at radius 3 is 2.81 bits per heavy atom. The van der Waals surface area contributed by atoms with E-state index in [4.69, 9.17) is 4.74 Å². The lowest BCUT2D eigenvalue weighted by Gasteiger charge is -2.26. The highest BCUT2D eigenvalue weighted by atomic mass is 32.2. The zero-order valence-corrected chi connectivity index (χ0v) is 13.8. The van der Waals surface area contributed by atoms with Gasteiger partial charge in [0.05, 0.1) is 6.61 Å². The van der Waals surface area contributed by atoms with Crippen LogP contribution in [0.5, 0.6) is 0 Å². The predicted molar refractivity (Wildman–Crippen MR) is 85.1 cm³/mol. The molecule has 0 aliphatic heterocycles. The Kier molecular flexibility index (Phi) is 7.75. The van der Waals surface area contributed by atoms with Gasteiger partial charge in [-0.05, 0) is 57.7 Å². The molecule has 1 atom stereocenters. The van der Waals surface area contributed by atoms with Gasteiger partial charge in [0, 0.05) is 4.90 Å². The molecule has 1 rings (SSSR count). The van der Waals surface area contributed by atoms with E-state index in [1.165, 1.54) is 6.07 Å². The fourth-order valence-corrected chi connectivity index (χ4v) is 2.90. The first-order valence-electron chi connectivity index (χ1n) is 7.26. The van der Waals surface area contributed by atoms with Crippen molar-refractivity contribution in [3.63, 3.8) is 0 Å². The second kappa shape index (κ2) is 9.05. The summed E-state index contributed by atoms with van der Waals surface area (Å²) in [4.78, 5) is 12.8. The number of likely N-dealkylation sites (N-methyl/N-ethyl adjacent to an activating group) is 1. The molecular weight excluding hydrogens is 289 g/mol. The maximum atomic E-state index is 13.0. The number of rotatable bonds is 9. The predicted octanol–water partition coefficient (Wildman–Crippen LogP) is 3.63. The molecule has 0 fully saturated rings. The number of carbonyl (C=O) groups excluding carboxylic acids is 1. The lowest BCUT2D eigenvalue weighted by Crippen LogP contribution is -2.48. The summed E-state index contributed by atoms with van der Waals surface area (Å²) in [7, 11) is 1.78. The fraction of sp³-hybridized carbons (Fsp3) is 0.562. The van der Waals surface area contributed by atoms with Crippen molar-refractivity contribution >= 4 is 17.7 Å². The summed E-state index contributed by atoms with van der Waals surface area (Å²) in [5, 5.41) is 3.05. The third-order valence-electron chi connectivity index (χ3n) is 3.41. The first-order chi connectivity index (χ1) is 10.0. The van der Waals surface area contributed by atoms with E-state index in [9.17, 15) is 9.18 Å². The highest BCUT2D eigenvalue weighted by molar-refractivity contribution is 7.99. The number of thioether (sulfide) groups is 1. The van der Waals surface area contributed by atoms with E-state index in [1.807, 2.05) is 19.9 Å². The van der Waals surface area contributed by atoms with Crippen molar-refractivity contribution in [2.45, 2.75) is 43.5 Å². The monoisotopic (exact) mass is 313 g/mol. The summed E-state index contributed by atoms with van der Waals surface area (Å²) in [6, 6.07) is 6.61. The van der Waals surface area contributed by atoms with Gasteiger partial charge < -0.3 is 10.1 Å². The van der Waals surface area contributed by atoms with Gasteiger partial charge in [0.2, 0.25) is 0 Å². The van der Waals surface area contributed by atoms with Crippen molar-refractivity contribution in [1.29, 1.82) is 0 Å². The van der Waals surface area contributed by atoms with Crippen molar-refractivity contribution < 1.29 is 13.9 Å². The molecule has 1 N–H and O–H groups in total. The van der Waals surface area contributed by atoms with Gasteiger partial charge in [-0.1, -0.05) is 12.5 Å². The minimum Gasteiger partial charge on any atom is -0.465 e. The summed E-state index contributed by atoms with van der Waals surface area (Å²) in [5.74, 6) is 0.502. The van der Waals surface area contributed by atoms with Crippen LogP contribution in [0.1, 0.15) is 33.1 Å². The normalized spacial score (nSPS) is 13.7. The zero-order valence-electron chi connectivity index (χ0n) is 12.9. The van der Waals surface area contributed by atoms with E-state index in [2.05, 4.69) is 5.32 Å². The molecule has 1 aromatic rings. The van der Waals surface area contributed by atoms with E-state index < -0.39 is 5.54 Å². The molecule has 5 heteroatoms. The molecule has 0 amide bonds. The molecule has 3 nitrogen and oxygen atoms in total. The number of hydrogen-bond acceptors (Lipinski definition) is 4. The van der Waals surface area contributed by atoms with Crippen LogP contribution >= 0.6 is 11.8 Å². The number of ether oxygens (including phenoxy) is 1. The molecule has 0 saturated carbocycles. The van der Waals surface area contributed by atoms with Gasteiger partial charge in [-0.2, -0.15) is 0 Å². The minimum absolute atomic E-state index is 0.203. The van der Waals surface area contributed by atoms with Crippen molar-refractivity contribution in [2.24, 2.45) is 0 Å². The van der Waals surface area contributed by atoms with Crippen molar-refractivity contribution in [1.82, 2.24) is 5.32 Å². The highest BCUT2D eigenvalue weighted by Crippen LogP contribution is 2.22. The van der Waals surface area contributed by atoms with Crippen LogP contribution in [0.2, 0.25) is 0 Å². The van der Waals surface area contributed by atoms with Crippen LogP contribution in [0.25, 0.3) is 0 Å². The summed E-state index contributed by atoms with van der Waals surface area (Å²) >= 11 is 1.63. The molecule has 118 valence electrons. The second-order valence-corrected chi connectivity index (χ2v) is 6.23. The number of benzene rings is 1. The van der Waals surface area contributed by atoms with E-state index in [-0.39, 0.29) is 11.8 Å². The Labute approximate surface area is 130 Å². The van der Waals surface area contributed by atoms with Gasteiger partial charge in [-0.3, -0.25) is 4.79 Å². The minimum atomic E-state index is -0.625. The summed E-state index contributed by atoms with van der Waals surface area (Å²) in [5.41, 5.74) is -0.625. The molecule has 1 aromatic carbocycles. The van der Waals surface area contributed by atoms with E-state index in [0.29, 0.717) is 6.61 Å². The summed E-state index contributed by atoms with van der Waals surface area (Å²) in [6.45, 7) is 4.07. The number of unbranched alkanes of at least 4 members (excludes halogenated alkanes) is 1. The van der Waals surface area contributed by atoms with Gasteiger partial charge in [0.15, 0.2) is 0 Å². The molecule has 0 aromatic heterocycles. The van der Waals surface area contributed by atoms with Crippen LogP contribution in [-0.2, 0) is 9.53 Å². The SMILES string of the molecule is CCOC(=O)C(C)(CCCCSc1cccc(F)c1)NC. The first-order valence-corrected chi connectivity index (χ1v) is 8.25. The van der Waals surface area contributed by atoms with Gasteiger partial charge in [-0.15, -0.1) is 11.8 Å². The van der Waals surface area contributed by atoms with Crippen LogP contribution in [0.3, 0.4) is 0 Å². The van der Waals surface area contributed by atoms with E-state index in [1.54, 1.807) is 30.9 Å². The Balaban J connectivity index is 2.30. The number of hydrogen-bond donors (Lipinski definition) is 1. The molecular formula is C16H24FNO2S. The molecule has 1 unspecified atom stereocenters. The number of halogens is 1. The quantitative estimate of drug-likeness (QED) is 0.429. The lowest BCUT2D eigenvalue weighted by atomic mass is 9.95. The fourth-order valence-electron chi connectivity index (χ4n) is 1.95. The van der Waals surface area contributed by atoms with Crippen LogP contribution < -0.4 is 5.32 Å². The topological polar surface area (TPSA) is 38.3 Å². The number of nitrogens with one attached hydrogen (secondary N) is 1. The third-order valence-corrected chi connectivity index (χ3v) is 4.49. The van der Waals surface area contributed by atoms with E-state index in [0.717, 1.165) is 29.9 Å². The van der Waals surface area contributed by atoms with Gasteiger partial charge in [0.25, 0.3) is 0 Å². The molecule has 0 radical (unpaired) electrons. The Hall–Kier alpha value is -1.07. The second-order valence-electron chi connectivity index (χ2n) is 5.07. The van der Waals surface area contributed by atoms with Crippen molar-refractivity contribution in [2.75, 3.05) is 19.4 Å². The maximum Gasteiger partial charge on any atom is 0.326 e. The van der Waals surface area contributed by atoms with E-state index >= 15 is 0 Å². The first kappa shape index (κ1) is 18.0. The number of esters is 1. The molecule has 0 bridgehead atoms. The molecule has 0 saturated heterocycles. The molecule has 21 heavy (non-hydrogen) atoms. The molecule has 0 aliphatic rings. The summed E-state index contributed by atoms with van der Waals surface area (Å²) in [6.07, 6.45) is 2.61. The van der Waals surface area contributed by atoms with Crippen LogP contribution in [0, 0.1) is 5.82 Å². The lowest BCUT2D eigenvalue weighted by molar-refractivity contribution is -0.150. The average molecular weight is 313 g/mol. The van der Waals surface area contributed by atoms with Crippen LogP contribution in [0.15, 0.2) is 29.2 Å².